The van der Waals surface area contributed by atoms with E-state index in [2.05, 4.69) is 15.0 Å². The smallest absolute Gasteiger partial charge is 0.360 e. The number of carbonyl (C=O) groups is 1. The van der Waals surface area contributed by atoms with Crippen LogP contribution >= 0.6 is 0 Å². The van der Waals surface area contributed by atoms with Crippen LogP contribution in [0.15, 0.2) is 4.42 Å². The summed E-state index contributed by atoms with van der Waals surface area (Å²) < 4.78 is 9.55. The molecule has 1 heterocycles. The van der Waals surface area contributed by atoms with E-state index >= 15 is 0 Å². The predicted molar refractivity (Wildman–Crippen MR) is 42.1 cm³/mol. The summed E-state index contributed by atoms with van der Waals surface area (Å²) >= 11 is 0. The highest BCUT2D eigenvalue weighted by molar-refractivity contribution is 5.88. The average molecular weight is 170 g/mol. The van der Waals surface area contributed by atoms with Gasteiger partial charge >= 0.3 is 5.97 Å². The third-order valence-corrected chi connectivity index (χ3v) is 1.39. The zero-order chi connectivity index (χ0) is 9.14. The molecular weight excluding hydrogens is 160 g/mol. The summed E-state index contributed by atoms with van der Waals surface area (Å²) in [5, 5.41) is 2.68. The van der Waals surface area contributed by atoms with Gasteiger partial charge in [0.1, 0.15) is 5.76 Å². The molecule has 1 N–H and O–H groups in total. The second kappa shape index (κ2) is 3.25. The first-order chi connectivity index (χ1) is 5.69. The third kappa shape index (κ3) is 1.39. The van der Waals surface area contributed by atoms with E-state index in [1.807, 2.05) is 0 Å². The Hall–Kier alpha value is -1.52. The van der Waals surface area contributed by atoms with Gasteiger partial charge in [0, 0.05) is 7.05 Å². The molecular formula is C7H10N2O3. The number of hydrogen-bond donors (Lipinski definition) is 1. The first-order valence-electron chi connectivity index (χ1n) is 3.42. The fraction of sp³-hybridized carbons (Fsp3) is 0.429. The lowest BCUT2D eigenvalue weighted by atomic mass is 10.4. The molecule has 0 aliphatic heterocycles. The molecule has 0 unspecified atom stereocenters. The van der Waals surface area contributed by atoms with Gasteiger partial charge in [-0.2, -0.15) is 4.98 Å². The minimum atomic E-state index is -0.488. The lowest BCUT2D eigenvalue weighted by Crippen LogP contribution is -2.03. The highest BCUT2D eigenvalue weighted by Crippen LogP contribution is 2.13. The molecule has 0 atom stereocenters. The Balaban J connectivity index is 2.99. The summed E-state index contributed by atoms with van der Waals surface area (Å²) in [6, 6.07) is 0.313. The maximum absolute atomic E-state index is 11.0. The molecule has 0 fully saturated rings. The van der Waals surface area contributed by atoms with Crippen molar-refractivity contribution in [2.45, 2.75) is 6.92 Å². The zero-order valence-electron chi connectivity index (χ0n) is 7.17. The second-order valence-electron chi connectivity index (χ2n) is 2.17. The number of methoxy groups -OCH3 is 1. The van der Waals surface area contributed by atoms with Crippen molar-refractivity contribution >= 4 is 12.0 Å². The lowest BCUT2D eigenvalue weighted by Gasteiger charge is -1.91. The minimum absolute atomic E-state index is 0.210. The maximum atomic E-state index is 11.0. The summed E-state index contributed by atoms with van der Waals surface area (Å²) in [4.78, 5) is 14.8. The van der Waals surface area contributed by atoms with E-state index in [9.17, 15) is 4.79 Å². The number of nitrogens with zero attached hydrogens (tertiary/aromatic N) is 1. The van der Waals surface area contributed by atoms with Gasteiger partial charge in [-0.05, 0) is 6.92 Å². The van der Waals surface area contributed by atoms with Crippen molar-refractivity contribution in [1.82, 2.24) is 4.98 Å². The molecule has 1 rings (SSSR count). The maximum Gasteiger partial charge on any atom is 0.360 e. The van der Waals surface area contributed by atoms with Crippen LogP contribution in [0.25, 0.3) is 0 Å². The number of anilines is 1. The van der Waals surface area contributed by atoms with Crippen molar-refractivity contribution in [2.75, 3.05) is 19.5 Å². The molecule has 0 aliphatic carbocycles. The van der Waals surface area contributed by atoms with Gasteiger partial charge in [-0.15, -0.1) is 0 Å². The monoisotopic (exact) mass is 170 g/mol. The van der Waals surface area contributed by atoms with Gasteiger partial charge in [-0.25, -0.2) is 4.79 Å². The van der Waals surface area contributed by atoms with Crippen LogP contribution in [0.1, 0.15) is 16.2 Å². The van der Waals surface area contributed by atoms with Gasteiger partial charge in [0.15, 0.2) is 5.69 Å². The van der Waals surface area contributed by atoms with Crippen molar-refractivity contribution in [2.24, 2.45) is 0 Å². The van der Waals surface area contributed by atoms with Crippen LogP contribution < -0.4 is 5.32 Å². The predicted octanol–water partition coefficient (Wildman–Crippen LogP) is 0.811. The summed E-state index contributed by atoms with van der Waals surface area (Å²) in [6.07, 6.45) is 0. The van der Waals surface area contributed by atoms with Crippen molar-refractivity contribution < 1.29 is 13.9 Å². The Morgan fingerprint density at radius 1 is 1.67 bits per heavy atom. The van der Waals surface area contributed by atoms with Gasteiger partial charge in [0.05, 0.1) is 7.11 Å². The first-order valence-corrected chi connectivity index (χ1v) is 3.42. The molecule has 0 saturated carbocycles. The lowest BCUT2D eigenvalue weighted by molar-refractivity contribution is 0.0593. The number of oxazole rings is 1. The van der Waals surface area contributed by atoms with Crippen molar-refractivity contribution in [3.63, 3.8) is 0 Å². The summed E-state index contributed by atoms with van der Waals surface area (Å²) in [6.45, 7) is 1.65. The Labute approximate surface area is 69.7 Å². The number of nitrogens with one attached hydrogen (secondary N) is 1. The van der Waals surface area contributed by atoms with E-state index in [0.29, 0.717) is 11.8 Å². The standard InChI is InChI=1S/C7H10N2O3/c1-4-5(6(10)11-3)9-7(8-2)12-4/h1-3H3,(H,8,9). The molecule has 1 aromatic rings. The molecule has 0 saturated heterocycles. The molecule has 5 heteroatoms. The molecule has 0 aliphatic rings. The molecule has 66 valence electrons. The van der Waals surface area contributed by atoms with E-state index in [4.69, 9.17) is 4.42 Å². The highest BCUT2D eigenvalue weighted by Gasteiger charge is 2.16. The Kier molecular flexibility index (Phi) is 2.32. The number of ether oxygens (including phenoxy) is 1. The highest BCUT2D eigenvalue weighted by atomic mass is 16.5. The van der Waals surface area contributed by atoms with Crippen LogP contribution in [0, 0.1) is 6.92 Å². The SMILES string of the molecule is CNc1nc(C(=O)OC)c(C)o1. The van der Waals surface area contributed by atoms with Crippen LogP contribution in [-0.2, 0) is 4.74 Å². The number of aryl methyl sites for hydroxylation is 1. The Bertz CT molecular complexity index is 293. The topological polar surface area (TPSA) is 64.4 Å². The summed E-state index contributed by atoms with van der Waals surface area (Å²) in [7, 11) is 2.96. The van der Waals surface area contributed by atoms with Crippen LogP contribution in [0.2, 0.25) is 0 Å². The van der Waals surface area contributed by atoms with Gasteiger partial charge in [0.25, 0.3) is 6.01 Å². The van der Waals surface area contributed by atoms with E-state index in [-0.39, 0.29) is 5.69 Å². The van der Waals surface area contributed by atoms with Crippen LogP contribution in [0.5, 0.6) is 0 Å². The van der Waals surface area contributed by atoms with E-state index in [0.717, 1.165) is 0 Å². The van der Waals surface area contributed by atoms with E-state index in [1.54, 1.807) is 14.0 Å². The fourth-order valence-electron chi connectivity index (χ4n) is 0.789. The van der Waals surface area contributed by atoms with Crippen molar-refractivity contribution in [3.05, 3.63) is 11.5 Å². The molecule has 0 amide bonds. The van der Waals surface area contributed by atoms with Gasteiger partial charge in [-0.3, -0.25) is 0 Å². The zero-order valence-corrected chi connectivity index (χ0v) is 7.17. The summed E-state index contributed by atoms with van der Waals surface area (Å²) in [5.74, 6) is -0.0380. The van der Waals surface area contributed by atoms with Crippen LogP contribution in [0.4, 0.5) is 6.01 Å². The van der Waals surface area contributed by atoms with Gasteiger partial charge in [-0.1, -0.05) is 0 Å². The number of aromatic nitrogens is 1. The number of esters is 1. The molecule has 0 aromatic carbocycles. The molecule has 0 spiro atoms. The first kappa shape index (κ1) is 8.58. The molecule has 0 bridgehead atoms. The Morgan fingerprint density at radius 3 is 2.75 bits per heavy atom. The van der Waals surface area contributed by atoms with Crippen molar-refractivity contribution in [3.8, 4) is 0 Å². The van der Waals surface area contributed by atoms with Crippen molar-refractivity contribution in [1.29, 1.82) is 0 Å². The third-order valence-electron chi connectivity index (χ3n) is 1.39. The summed E-state index contributed by atoms with van der Waals surface area (Å²) in [5.41, 5.74) is 0.210. The largest absolute Gasteiger partial charge is 0.464 e. The molecule has 0 radical (unpaired) electrons. The van der Waals surface area contributed by atoms with E-state index < -0.39 is 5.97 Å². The van der Waals surface area contributed by atoms with Gasteiger partial charge in [0.2, 0.25) is 0 Å². The molecule has 12 heavy (non-hydrogen) atoms. The number of hydrogen-bond acceptors (Lipinski definition) is 5. The molecule has 1 aromatic heterocycles. The Morgan fingerprint density at radius 2 is 2.33 bits per heavy atom. The number of rotatable bonds is 2. The second-order valence-corrected chi connectivity index (χ2v) is 2.17. The quantitative estimate of drug-likeness (QED) is 0.665. The normalized spacial score (nSPS) is 9.58. The minimum Gasteiger partial charge on any atom is -0.464 e. The average Bonchev–Trinajstić information content (AvgIpc) is 2.45. The number of carbonyl (C=O) groups excluding carboxylic acids is 1. The van der Waals surface area contributed by atoms with Gasteiger partial charge < -0.3 is 14.5 Å². The van der Waals surface area contributed by atoms with Crippen LogP contribution in [-0.4, -0.2) is 25.1 Å². The van der Waals surface area contributed by atoms with E-state index in [1.165, 1.54) is 7.11 Å². The fourth-order valence-corrected chi connectivity index (χ4v) is 0.789. The van der Waals surface area contributed by atoms with Crippen LogP contribution in [0.3, 0.4) is 0 Å². The molecule has 5 nitrogen and oxygen atoms in total.